The van der Waals surface area contributed by atoms with E-state index in [0.717, 1.165) is 19.5 Å². The van der Waals surface area contributed by atoms with E-state index in [1.165, 1.54) is 25.7 Å². The van der Waals surface area contributed by atoms with Crippen LogP contribution in [0.15, 0.2) is 0 Å². The summed E-state index contributed by atoms with van der Waals surface area (Å²) in [5, 5.41) is 6.27. The minimum absolute atomic E-state index is 0.0213. The Morgan fingerprint density at radius 2 is 2.06 bits per heavy atom. The molecule has 0 aromatic heterocycles. The third-order valence-electron chi connectivity index (χ3n) is 4.10. The van der Waals surface area contributed by atoms with Crippen LogP contribution in [0.3, 0.4) is 0 Å². The second kappa shape index (κ2) is 5.83. The summed E-state index contributed by atoms with van der Waals surface area (Å²) in [5.74, 6) is 0.205. The summed E-state index contributed by atoms with van der Waals surface area (Å²) in [7, 11) is 1.93. The molecule has 2 N–H and O–H groups in total. The second-order valence-corrected chi connectivity index (χ2v) is 5.45. The van der Waals surface area contributed by atoms with Crippen LogP contribution < -0.4 is 10.6 Å². The first kappa shape index (κ1) is 12.8. The van der Waals surface area contributed by atoms with Crippen LogP contribution in [-0.2, 0) is 4.79 Å². The van der Waals surface area contributed by atoms with Crippen LogP contribution in [0.25, 0.3) is 0 Å². The Morgan fingerprint density at radius 3 is 2.71 bits per heavy atom. The van der Waals surface area contributed by atoms with E-state index in [1.807, 2.05) is 7.05 Å². The van der Waals surface area contributed by atoms with Gasteiger partial charge in [0.25, 0.3) is 0 Å². The molecule has 1 heterocycles. The van der Waals surface area contributed by atoms with E-state index in [0.29, 0.717) is 12.1 Å². The molecule has 1 amide bonds. The molecule has 2 atom stereocenters. The molecular weight excluding hydrogens is 214 g/mol. The van der Waals surface area contributed by atoms with Crippen LogP contribution >= 0.6 is 0 Å². The van der Waals surface area contributed by atoms with Crippen molar-refractivity contribution in [2.45, 2.75) is 57.2 Å². The molecule has 2 unspecified atom stereocenters. The van der Waals surface area contributed by atoms with Crippen molar-refractivity contribution in [2.24, 2.45) is 0 Å². The molecule has 0 aromatic rings. The Balaban J connectivity index is 2.09. The number of rotatable bonds is 3. The van der Waals surface area contributed by atoms with Gasteiger partial charge in [-0.25, -0.2) is 0 Å². The summed E-state index contributed by atoms with van der Waals surface area (Å²) in [6.45, 7) is 3.92. The molecule has 2 fully saturated rings. The molecule has 4 heteroatoms. The van der Waals surface area contributed by atoms with Gasteiger partial charge in [0.1, 0.15) is 6.04 Å². The number of nitrogens with one attached hydrogen (secondary N) is 2. The second-order valence-electron chi connectivity index (χ2n) is 5.45. The third-order valence-corrected chi connectivity index (χ3v) is 4.10. The van der Waals surface area contributed by atoms with Gasteiger partial charge < -0.3 is 10.6 Å². The zero-order chi connectivity index (χ0) is 12.3. The lowest BCUT2D eigenvalue weighted by Gasteiger charge is -2.33. The van der Waals surface area contributed by atoms with Gasteiger partial charge in [-0.15, -0.1) is 0 Å². The molecule has 4 nitrogen and oxygen atoms in total. The molecule has 1 saturated heterocycles. The molecule has 17 heavy (non-hydrogen) atoms. The third kappa shape index (κ3) is 2.99. The van der Waals surface area contributed by atoms with Gasteiger partial charge in [-0.1, -0.05) is 12.8 Å². The highest BCUT2D eigenvalue weighted by Gasteiger charge is 2.35. The van der Waals surface area contributed by atoms with E-state index < -0.39 is 0 Å². The predicted molar refractivity (Wildman–Crippen MR) is 68.9 cm³/mol. The Bertz CT molecular complexity index is 263. The molecular formula is C13H25N3O. The molecule has 98 valence electrons. The van der Waals surface area contributed by atoms with Gasteiger partial charge in [-0.3, -0.25) is 9.69 Å². The first-order chi connectivity index (χ1) is 8.22. The lowest BCUT2D eigenvalue weighted by Crippen LogP contribution is -2.53. The summed E-state index contributed by atoms with van der Waals surface area (Å²) in [4.78, 5) is 14.6. The summed E-state index contributed by atoms with van der Waals surface area (Å²) < 4.78 is 0. The van der Waals surface area contributed by atoms with Crippen LogP contribution in [0.2, 0.25) is 0 Å². The van der Waals surface area contributed by atoms with Gasteiger partial charge >= 0.3 is 0 Å². The van der Waals surface area contributed by atoms with E-state index in [-0.39, 0.29) is 11.9 Å². The van der Waals surface area contributed by atoms with Crippen molar-refractivity contribution in [3.8, 4) is 0 Å². The minimum atomic E-state index is 0.0213. The van der Waals surface area contributed by atoms with Crippen molar-refractivity contribution in [2.75, 3.05) is 20.1 Å². The Hall–Kier alpha value is -0.610. The summed E-state index contributed by atoms with van der Waals surface area (Å²) in [5.41, 5.74) is 0. The highest BCUT2D eigenvalue weighted by atomic mass is 16.2. The van der Waals surface area contributed by atoms with Gasteiger partial charge in [0.05, 0.1) is 0 Å². The number of likely N-dealkylation sites (N-methyl/N-ethyl adjacent to an activating group) is 1. The van der Waals surface area contributed by atoms with E-state index in [9.17, 15) is 4.79 Å². The molecule has 1 aliphatic heterocycles. The number of nitrogens with zero attached hydrogens (tertiary/aromatic N) is 1. The molecule has 0 spiro atoms. The van der Waals surface area contributed by atoms with E-state index >= 15 is 0 Å². The molecule has 0 radical (unpaired) electrons. The van der Waals surface area contributed by atoms with Gasteiger partial charge in [-0.05, 0) is 33.2 Å². The number of carbonyl (C=O) groups is 1. The molecule has 0 bridgehead atoms. The zero-order valence-corrected chi connectivity index (χ0v) is 11.0. The van der Waals surface area contributed by atoms with Crippen molar-refractivity contribution in [3.63, 3.8) is 0 Å². The Kier molecular flexibility index (Phi) is 4.40. The number of carbonyl (C=O) groups excluding carboxylic acids is 1. The lowest BCUT2D eigenvalue weighted by atomic mass is 10.1. The first-order valence-corrected chi connectivity index (χ1v) is 6.93. The lowest BCUT2D eigenvalue weighted by molar-refractivity contribution is -0.126. The maximum Gasteiger partial charge on any atom is 0.238 e. The molecule has 2 aliphatic rings. The van der Waals surface area contributed by atoms with E-state index in [1.54, 1.807) is 0 Å². The maximum atomic E-state index is 12.2. The standard InChI is InChI=1S/C13H25N3O/c1-10-7-8-16(11-5-3-4-6-11)12(9-14-2)13(17)15-10/h10-12,14H,3-9H2,1-2H3,(H,15,17). The van der Waals surface area contributed by atoms with Crippen LogP contribution in [0.4, 0.5) is 0 Å². The van der Waals surface area contributed by atoms with Crippen LogP contribution in [-0.4, -0.2) is 49.1 Å². The fraction of sp³-hybridized carbons (Fsp3) is 0.923. The SMILES string of the molecule is CNCC1C(=O)NC(C)CCN1C1CCCC1. The van der Waals surface area contributed by atoms with Crippen molar-refractivity contribution in [1.82, 2.24) is 15.5 Å². The first-order valence-electron chi connectivity index (χ1n) is 6.93. The summed E-state index contributed by atoms with van der Waals surface area (Å²) in [6, 6.07) is 0.964. The van der Waals surface area contributed by atoms with Gasteiger partial charge in [0.2, 0.25) is 5.91 Å². The van der Waals surface area contributed by atoms with Crippen molar-refractivity contribution < 1.29 is 4.79 Å². The largest absolute Gasteiger partial charge is 0.352 e. The van der Waals surface area contributed by atoms with Gasteiger partial charge in [0.15, 0.2) is 0 Å². The van der Waals surface area contributed by atoms with Crippen molar-refractivity contribution >= 4 is 5.91 Å². The summed E-state index contributed by atoms with van der Waals surface area (Å²) >= 11 is 0. The van der Waals surface area contributed by atoms with Gasteiger partial charge in [-0.2, -0.15) is 0 Å². The highest BCUT2D eigenvalue weighted by molar-refractivity contribution is 5.82. The Morgan fingerprint density at radius 1 is 1.35 bits per heavy atom. The summed E-state index contributed by atoms with van der Waals surface area (Å²) in [6.07, 6.45) is 6.25. The minimum Gasteiger partial charge on any atom is -0.352 e. The number of hydrogen-bond acceptors (Lipinski definition) is 3. The monoisotopic (exact) mass is 239 g/mol. The normalized spacial score (nSPS) is 32.5. The zero-order valence-electron chi connectivity index (χ0n) is 11.0. The van der Waals surface area contributed by atoms with E-state index in [4.69, 9.17) is 0 Å². The molecule has 1 saturated carbocycles. The van der Waals surface area contributed by atoms with E-state index in [2.05, 4.69) is 22.5 Å². The quantitative estimate of drug-likeness (QED) is 0.763. The fourth-order valence-electron chi connectivity index (χ4n) is 3.14. The maximum absolute atomic E-state index is 12.2. The number of amides is 1. The van der Waals surface area contributed by atoms with Crippen molar-refractivity contribution in [3.05, 3.63) is 0 Å². The molecule has 1 aliphatic carbocycles. The fourth-order valence-corrected chi connectivity index (χ4v) is 3.14. The van der Waals surface area contributed by atoms with Crippen molar-refractivity contribution in [1.29, 1.82) is 0 Å². The molecule has 0 aromatic carbocycles. The smallest absolute Gasteiger partial charge is 0.238 e. The predicted octanol–water partition coefficient (Wildman–Crippen LogP) is 0.727. The van der Waals surface area contributed by atoms with Crippen LogP contribution in [0.1, 0.15) is 39.0 Å². The average Bonchev–Trinajstić information content (AvgIpc) is 2.77. The topological polar surface area (TPSA) is 44.4 Å². The molecule has 2 rings (SSSR count). The number of hydrogen-bond donors (Lipinski definition) is 2. The Labute approximate surface area is 104 Å². The van der Waals surface area contributed by atoms with Crippen LogP contribution in [0.5, 0.6) is 0 Å². The average molecular weight is 239 g/mol. The van der Waals surface area contributed by atoms with Crippen LogP contribution in [0, 0.1) is 0 Å². The highest BCUT2D eigenvalue weighted by Crippen LogP contribution is 2.26. The van der Waals surface area contributed by atoms with Gasteiger partial charge in [0, 0.05) is 25.2 Å².